The first kappa shape index (κ1) is 15.9. The fraction of sp³-hybridized carbons (Fsp3) is 0.692. The molecule has 7 heteroatoms. The van der Waals surface area contributed by atoms with Crippen molar-refractivity contribution in [1.29, 1.82) is 0 Å². The van der Waals surface area contributed by atoms with Crippen molar-refractivity contribution in [2.75, 3.05) is 32.7 Å². The minimum Gasteiger partial charge on any atom is -0.386 e. The molecule has 1 aliphatic rings. The lowest BCUT2D eigenvalue weighted by molar-refractivity contribution is 0.0941. The summed E-state index contributed by atoms with van der Waals surface area (Å²) in [4.78, 5) is 3.08. The number of piperazine rings is 1. The summed E-state index contributed by atoms with van der Waals surface area (Å²) in [6, 6.07) is 3.85. The van der Waals surface area contributed by atoms with Crippen LogP contribution in [0.2, 0.25) is 0 Å². The van der Waals surface area contributed by atoms with E-state index in [4.69, 9.17) is 0 Å². The van der Waals surface area contributed by atoms with Crippen molar-refractivity contribution in [3.63, 3.8) is 0 Å². The van der Waals surface area contributed by atoms with E-state index in [1.54, 1.807) is 29.5 Å². The number of hydrogen-bond donors (Lipinski definition) is 1. The fourth-order valence-electron chi connectivity index (χ4n) is 2.28. The second kappa shape index (κ2) is 6.53. The zero-order valence-corrected chi connectivity index (χ0v) is 13.5. The highest BCUT2D eigenvalue weighted by Crippen LogP contribution is 2.21. The quantitative estimate of drug-likeness (QED) is 0.884. The van der Waals surface area contributed by atoms with Gasteiger partial charge < -0.3 is 5.11 Å². The van der Waals surface area contributed by atoms with Crippen molar-refractivity contribution in [3.05, 3.63) is 22.4 Å². The Kier molecular flexibility index (Phi) is 5.19. The molecule has 20 heavy (non-hydrogen) atoms. The molecule has 1 atom stereocenters. The Morgan fingerprint density at radius 2 is 1.95 bits per heavy atom. The summed E-state index contributed by atoms with van der Waals surface area (Å²) in [5.74, 6) is 0. The van der Waals surface area contributed by atoms with Crippen LogP contribution < -0.4 is 0 Å². The van der Waals surface area contributed by atoms with Gasteiger partial charge in [-0.25, -0.2) is 8.42 Å². The lowest BCUT2D eigenvalue weighted by Gasteiger charge is -2.35. The number of aliphatic hydroxyl groups excluding tert-OH is 1. The van der Waals surface area contributed by atoms with Crippen molar-refractivity contribution in [2.45, 2.75) is 25.2 Å². The minimum atomic E-state index is -3.15. The van der Waals surface area contributed by atoms with Crippen molar-refractivity contribution >= 4 is 21.4 Å². The van der Waals surface area contributed by atoms with E-state index in [0.29, 0.717) is 32.7 Å². The van der Waals surface area contributed by atoms with Crippen LogP contribution in [-0.4, -0.2) is 60.7 Å². The highest BCUT2D eigenvalue weighted by molar-refractivity contribution is 7.89. The predicted octanol–water partition coefficient (Wildman–Crippen LogP) is 1.14. The van der Waals surface area contributed by atoms with Gasteiger partial charge in [-0.2, -0.15) is 4.31 Å². The number of thiophene rings is 1. The van der Waals surface area contributed by atoms with Crippen molar-refractivity contribution < 1.29 is 13.5 Å². The molecule has 0 aromatic carbocycles. The van der Waals surface area contributed by atoms with E-state index >= 15 is 0 Å². The summed E-state index contributed by atoms with van der Waals surface area (Å²) >= 11 is 1.55. The molecule has 1 aromatic heterocycles. The van der Waals surface area contributed by atoms with Crippen LogP contribution in [0, 0.1) is 0 Å². The average Bonchev–Trinajstić information content (AvgIpc) is 2.93. The normalized spacial score (nSPS) is 20.4. The molecular formula is C13H22N2O3S2. The number of sulfonamides is 1. The highest BCUT2D eigenvalue weighted by atomic mass is 32.2. The minimum absolute atomic E-state index is 0.370. The van der Waals surface area contributed by atoms with Crippen LogP contribution in [0.25, 0.3) is 0 Å². The topological polar surface area (TPSA) is 60.9 Å². The van der Waals surface area contributed by atoms with E-state index in [-0.39, 0.29) is 5.25 Å². The SMILES string of the molecule is CC(C)S(=O)(=O)N1CCN(C[C@@H](O)c2cccs2)CC1. The monoisotopic (exact) mass is 318 g/mol. The van der Waals surface area contributed by atoms with E-state index in [2.05, 4.69) is 4.90 Å². The van der Waals surface area contributed by atoms with E-state index in [0.717, 1.165) is 4.88 Å². The zero-order chi connectivity index (χ0) is 14.8. The number of aliphatic hydroxyl groups is 1. The third kappa shape index (κ3) is 3.59. The Labute approximate surface area is 124 Å². The molecular weight excluding hydrogens is 296 g/mol. The third-order valence-electron chi connectivity index (χ3n) is 3.59. The molecule has 5 nitrogen and oxygen atoms in total. The van der Waals surface area contributed by atoms with Gasteiger partial charge in [-0.05, 0) is 25.3 Å². The van der Waals surface area contributed by atoms with Crippen molar-refractivity contribution in [1.82, 2.24) is 9.21 Å². The Morgan fingerprint density at radius 1 is 1.30 bits per heavy atom. The molecule has 1 saturated heterocycles. The average molecular weight is 318 g/mol. The molecule has 114 valence electrons. The van der Waals surface area contributed by atoms with Gasteiger partial charge in [0.15, 0.2) is 0 Å². The maximum Gasteiger partial charge on any atom is 0.216 e. The van der Waals surface area contributed by atoms with Gasteiger partial charge in [0, 0.05) is 37.6 Å². The van der Waals surface area contributed by atoms with Gasteiger partial charge >= 0.3 is 0 Å². The molecule has 2 heterocycles. The van der Waals surface area contributed by atoms with Crippen molar-refractivity contribution in [2.24, 2.45) is 0 Å². The number of nitrogens with zero attached hydrogens (tertiary/aromatic N) is 2. The zero-order valence-electron chi connectivity index (χ0n) is 11.9. The standard InChI is InChI=1S/C13H22N2O3S2/c1-11(2)20(17,18)15-7-5-14(6-8-15)10-12(16)13-4-3-9-19-13/h3-4,9,11-12,16H,5-8,10H2,1-2H3/t12-/m1/s1. The fourth-order valence-corrected chi connectivity index (χ4v) is 4.25. The first-order valence-electron chi connectivity index (χ1n) is 6.84. The van der Waals surface area contributed by atoms with Crippen LogP contribution in [0.4, 0.5) is 0 Å². The molecule has 1 fully saturated rings. The van der Waals surface area contributed by atoms with Crippen LogP contribution in [-0.2, 0) is 10.0 Å². The van der Waals surface area contributed by atoms with Crippen LogP contribution in [0.1, 0.15) is 24.8 Å². The summed E-state index contributed by atoms with van der Waals surface area (Å²) in [7, 11) is -3.15. The Morgan fingerprint density at radius 3 is 2.45 bits per heavy atom. The van der Waals surface area contributed by atoms with E-state index in [1.807, 2.05) is 17.5 Å². The maximum atomic E-state index is 12.1. The molecule has 1 N–H and O–H groups in total. The maximum absolute atomic E-state index is 12.1. The summed E-state index contributed by atoms with van der Waals surface area (Å²) in [6.45, 7) is 6.36. The first-order chi connectivity index (χ1) is 9.41. The predicted molar refractivity (Wildman–Crippen MR) is 81.3 cm³/mol. The molecule has 0 saturated carbocycles. The molecule has 0 unspecified atom stereocenters. The van der Waals surface area contributed by atoms with Gasteiger partial charge in [0.2, 0.25) is 10.0 Å². The van der Waals surface area contributed by atoms with Gasteiger partial charge in [0.25, 0.3) is 0 Å². The second-order valence-electron chi connectivity index (χ2n) is 5.32. The van der Waals surface area contributed by atoms with Crippen LogP contribution in [0.5, 0.6) is 0 Å². The lowest BCUT2D eigenvalue weighted by Crippen LogP contribution is -2.51. The third-order valence-corrected chi connectivity index (χ3v) is 6.84. The van der Waals surface area contributed by atoms with Gasteiger partial charge in [0.1, 0.15) is 6.10 Å². The van der Waals surface area contributed by atoms with Crippen LogP contribution >= 0.6 is 11.3 Å². The molecule has 0 bridgehead atoms. The van der Waals surface area contributed by atoms with E-state index in [9.17, 15) is 13.5 Å². The number of rotatable bonds is 5. The number of hydrogen-bond acceptors (Lipinski definition) is 5. The van der Waals surface area contributed by atoms with Gasteiger partial charge in [-0.15, -0.1) is 11.3 Å². The highest BCUT2D eigenvalue weighted by Gasteiger charge is 2.29. The molecule has 0 spiro atoms. The Hall–Kier alpha value is -0.470. The lowest BCUT2D eigenvalue weighted by atomic mass is 10.2. The summed E-state index contributed by atoms with van der Waals surface area (Å²) in [5, 5.41) is 11.7. The molecule has 2 rings (SSSR count). The summed E-state index contributed by atoms with van der Waals surface area (Å²) < 4.78 is 25.7. The van der Waals surface area contributed by atoms with Crippen LogP contribution in [0.3, 0.4) is 0 Å². The van der Waals surface area contributed by atoms with E-state index in [1.165, 1.54) is 0 Å². The van der Waals surface area contributed by atoms with Gasteiger partial charge in [-0.1, -0.05) is 6.07 Å². The molecule has 0 aliphatic carbocycles. The Balaban J connectivity index is 1.86. The molecule has 1 aromatic rings. The second-order valence-corrected chi connectivity index (χ2v) is 8.79. The Bertz CT molecular complexity index is 506. The molecule has 1 aliphatic heterocycles. The summed E-state index contributed by atoms with van der Waals surface area (Å²) in [6.07, 6.45) is -0.483. The smallest absolute Gasteiger partial charge is 0.216 e. The van der Waals surface area contributed by atoms with Crippen molar-refractivity contribution in [3.8, 4) is 0 Å². The van der Waals surface area contributed by atoms with Gasteiger partial charge in [-0.3, -0.25) is 4.90 Å². The molecule has 0 amide bonds. The summed E-state index contributed by atoms with van der Waals surface area (Å²) in [5.41, 5.74) is 0. The van der Waals surface area contributed by atoms with Gasteiger partial charge in [0.05, 0.1) is 5.25 Å². The van der Waals surface area contributed by atoms with E-state index < -0.39 is 16.1 Å². The number of β-amino-alcohol motifs (C(OH)–C–C–N with tert-alkyl or cyclic N) is 1. The van der Waals surface area contributed by atoms with Crippen LogP contribution in [0.15, 0.2) is 17.5 Å². The largest absolute Gasteiger partial charge is 0.386 e. The first-order valence-corrected chi connectivity index (χ1v) is 9.22. The molecule has 0 radical (unpaired) electrons.